The number of halogens is 4. The number of sulfone groups is 1. The molecule has 0 atom stereocenters. The zero-order chi connectivity index (χ0) is 29.7. The number of rotatable bonds is 6. The van der Waals surface area contributed by atoms with Crippen molar-refractivity contribution in [3.63, 3.8) is 0 Å². The lowest BCUT2D eigenvalue weighted by Gasteiger charge is -2.26. The Kier molecular flexibility index (Phi) is 7.07. The first-order chi connectivity index (χ1) is 19.2. The summed E-state index contributed by atoms with van der Waals surface area (Å²) in [7, 11) is -3.47. The molecule has 2 aromatic heterocycles. The van der Waals surface area contributed by atoms with E-state index in [2.05, 4.69) is 15.3 Å². The second-order valence-electron chi connectivity index (χ2n) is 10.2. The van der Waals surface area contributed by atoms with E-state index in [4.69, 9.17) is 11.6 Å². The first kappa shape index (κ1) is 28.6. The molecule has 0 unspecified atom stereocenters. The number of aryl methyl sites for hydroxylation is 1. The molecule has 41 heavy (non-hydrogen) atoms. The third-order valence-corrected chi connectivity index (χ3v) is 8.35. The molecule has 0 spiro atoms. The number of benzene rings is 3. The van der Waals surface area contributed by atoms with Crippen LogP contribution in [0, 0.1) is 6.92 Å². The Labute approximate surface area is 240 Å². The maximum atomic E-state index is 13.6. The number of hydrogen-bond acceptors (Lipinski definition) is 5. The van der Waals surface area contributed by atoms with E-state index in [0.29, 0.717) is 33.2 Å². The van der Waals surface area contributed by atoms with E-state index in [1.807, 2.05) is 26.0 Å². The lowest BCUT2D eigenvalue weighted by atomic mass is 9.81. The molecule has 7 nitrogen and oxygen atoms in total. The van der Waals surface area contributed by atoms with Crippen LogP contribution in [0.4, 0.5) is 13.2 Å². The molecule has 0 aliphatic carbocycles. The minimum atomic E-state index is -4.63. The van der Waals surface area contributed by atoms with Crippen LogP contribution in [-0.4, -0.2) is 39.2 Å². The van der Waals surface area contributed by atoms with Crippen LogP contribution in [0.1, 0.15) is 36.6 Å². The first-order valence-electron chi connectivity index (χ1n) is 12.4. The molecule has 5 rings (SSSR count). The summed E-state index contributed by atoms with van der Waals surface area (Å²) in [5.41, 5.74) is 1.97. The van der Waals surface area contributed by atoms with Crippen molar-refractivity contribution in [2.24, 2.45) is 0 Å². The maximum absolute atomic E-state index is 13.6. The average molecular weight is 600 g/mol. The van der Waals surface area contributed by atoms with Gasteiger partial charge < -0.3 is 4.57 Å². The topological polar surface area (TPSA) is 82.7 Å². The van der Waals surface area contributed by atoms with Crippen LogP contribution in [0.25, 0.3) is 22.5 Å². The lowest BCUT2D eigenvalue weighted by Crippen LogP contribution is -2.23. The largest absolute Gasteiger partial charge is 0.434 e. The third kappa shape index (κ3) is 5.51. The highest BCUT2D eigenvalue weighted by atomic mass is 35.5. The van der Waals surface area contributed by atoms with Crippen LogP contribution in [0.15, 0.2) is 84.0 Å². The van der Waals surface area contributed by atoms with Gasteiger partial charge in [-0.25, -0.2) is 18.1 Å². The average Bonchev–Trinajstić information content (AvgIpc) is 3.56. The van der Waals surface area contributed by atoms with Crippen molar-refractivity contribution < 1.29 is 21.6 Å². The standard InChI is InChI=1S/C29H25ClF3N5O2S/c1-18-35-26(29(31,32)33)17-37(18)24-13-8-20(19-6-5-7-23(14-19)41(4,39)40)15-25(24)38-27(16-34-36-38)28(2,3)21-9-11-22(30)12-10-21/h5-17H,1-4H3. The fourth-order valence-electron chi connectivity index (χ4n) is 4.69. The molecule has 0 saturated carbocycles. The molecule has 3 aromatic carbocycles. The highest BCUT2D eigenvalue weighted by Gasteiger charge is 2.35. The number of hydrogen-bond donors (Lipinski definition) is 0. The van der Waals surface area contributed by atoms with Gasteiger partial charge in [-0.05, 0) is 60.0 Å². The van der Waals surface area contributed by atoms with E-state index in [1.54, 1.807) is 59.4 Å². The molecule has 0 aliphatic heterocycles. The predicted octanol–water partition coefficient (Wildman–Crippen LogP) is 6.83. The van der Waals surface area contributed by atoms with Crippen molar-refractivity contribution in [3.05, 3.63) is 107 Å². The smallest absolute Gasteiger partial charge is 0.301 e. The number of imidazole rings is 1. The van der Waals surface area contributed by atoms with Gasteiger partial charge in [0.2, 0.25) is 0 Å². The van der Waals surface area contributed by atoms with Crippen molar-refractivity contribution in [3.8, 4) is 22.5 Å². The van der Waals surface area contributed by atoms with E-state index in [1.165, 1.54) is 17.6 Å². The summed E-state index contributed by atoms with van der Waals surface area (Å²) < 4.78 is 68.1. The van der Waals surface area contributed by atoms with Gasteiger partial charge in [0.05, 0.1) is 28.2 Å². The molecule has 0 amide bonds. The van der Waals surface area contributed by atoms with Crippen LogP contribution >= 0.6 is 11.6 Å². The van der Waals surface area contributed by atoms with Gasteiger partial charge in [0.15, 0.2) is 15.5 Å². The van der Waals surface area contributed by atoms with Gasteiger partial charge in [-0.2, -0.15) is 13.2 Å². The molecule has 0 N–H and O–H groups in total. The summed E-state index contributed by atoms with van der Waals surface area (Å²) >= 11 is 6.11. The van der Waals surface area contributed by atoms with Crippen LogP contribution in [0.3, 0.4) is 0 Å². The van der Waals surface area contributed by atoms with Crippen molar-refractivity contribution in [1.82, 2.24) is 24.5 Å². The molecule has 0 fully saturated rings. The van der Waals surface area contributed by atoms with Gasteiger partial charge in [-0.3, -0.25) is 0 Å². The highest BCUT2D eigenvalue weighted by Crippen LogP contribution is 2.37. The van der Waals surface area contributed by atoms with E-state index < -0.39 is 27.1 Å². The molecule has 0 radical (unpaired) electrons. The second-order valence-corrected chi connectivity index (χ2v) is 12.7. The SMILES string of the molecule is Cc1nc(C(F)(F)F)cn1-c1ccc(-c2cccc(S(C)(=O)=O)c2)cc1-n1nncc1C(C)(C)c1ccc(Cl)cc1. The summed E-state index contributed by atoms with van der Waals surface area (Å²) in [6.45, 7) is 5.45. The minimum Gasteiger partial charge on any atom is -0.301 e. The van der Waals surface area contributed by atoms with Crippen molar-refractivity contribution in [2.75, 3.05) is 6.26 Å². The maximum Gasteiger partial charge on any atom is 0.434 e. The molecular weight excluding hydrogens is 575 g/mol. The quantitative estimate of drug-likeness (QED) is 0.214. The molecule has 5 aromatic rings. The molecular formula is C29H25ClF3N5O2S. The molecule has 0 bridgehead atoms. The number of aromatic nitrogens is 5. The first-order valence-corrected chi connectivity index (χ1v) is 14.7. The normalized spacial score (nSPS) is 12.6. The summed E-state index contributed by atoms with van der Waals surface area (Å²) in [4.78, 5) is 3.89. The second kappa shape index (κ2) is 10.1. The molecule has 0 saturated heterocycles. The summed E-state index contributed by atoms with van der Waals surface area (Å²) in [6.07, 6.45) is -0.950. The Morgan fingerprint density at radius 3 is 2.22 bits per heavy atom. The summed E-state index contributed by atoms with van der Waals surface area (Å²) in [5.74, 6) is 0.129. The Morgan fingerprint density at radius 1 is 0.902 bits per heavy atom. The number of nitrogens with zero attached hydrogens (tertiary/aromatic N) is 5. The number of alkyl halides is 3. The zero-order valence-electron chi connectivity index (χ0n) is 22.5. The highest BCUT2D eigenvalue weighted by molar-refractivity contribution is 7.90. The molecule has 2 heterocycles. The summed E-state index contributed by atoms with van der Waals surface area (Å²) in [6, 6.07) is 18.9. The zero-order valence-corrected chi connectivity index (χ0v) is 24.1. The van der Waals surface area contributed by atoms with Gasteiger partial charge in [0.1, 0.15) is 5.82 Å². The summed E-state index contributed by atoms with van der Waals surface area (Å²) in [5, 5.41) is 9.09. The van der Waals surface area contributed by atoms with E-state index in [-0.39, 0.29) is 10.7 Å². The Morgan fingerprint density at radius 2 is 1.59 bits per heavy atom. The third-order valence-electron chi connectivity index (χ3n) is 6.99. The van der Waals surface area contributed by atoms with Crippen LogP contribution < -0.4 is 0 Å². The van der Waals surface area contributed by atoms with Gasteiger partial charge >= 0.3 is 6.18 Å². The molecule has 0 aliphatic rings. The molecule has 12 heteroatoms. The Hall–Kier alpha value is -3.96. The van der Waals surface area contributed by atoms with Crippen LogP contribution in [0.5, 0.6) is 0 Å². The lowest BCUT2D eigenvalue weighted by molar-refractivity contribution is -0.141. The van der Waals surface area contributed by atoms with Gasteiger partial charge in [-0.15, -0.1) is 5.10 Å². The molecule has 212 valence electrons. The van der Waals surface area contributed by atoms with Gasteiger partial charge in [0.25, 0.3) is 0 Å². The Bertz CT molecular complexity index is 1860. The monoisotopic (exact) mass is 599 g/mol. The predicted molar refractivity (Wildman–Crippen MR) is 150 cm³/mol. The van der Waals surface area contributed by atoms with E-state index in [9.17, 15) is 21.6 Å². The van der Waals surface area contributed by atoms with E-state index >= 15 is 0 Å². The Balaban J connectivity index is 1.75. The van der Waals surface area contributed by atoms with Gasteiger partial charge in [0, 0.05) is 22.9 Å². The van der Waals surface area contributed by atoms with E-state index in [0.717, 1.165) is 18.0 Å². The van der Waals surface area contributed by atoms with Crippen LogP contribution in [0.2, 0.25) is 5.02 Å². The fourth-order valence-corrected chi connectivity index (χ4v) is 5.48. The van der Waals surface area contributed by atoms with Gasteiger partial charge in [-0.1, -0.05) is 61.0 Å². The fraction of sp³-hybridized carbons (Fsp3) is 0.207. The van der Waals surface area contributed by atoms with Crippen LogP contribution in [-0.2, 0) is 21.4 Å². The minimum absolute atomic E-state index is 0.129. The van der Waals surface area contributed by atoms with Crippen molar-refractivity contribution >= 4 is 21.4 Å². The van der Waals surface area contributed by atoms with Crippen molar-refractivity contribution in [2.45, 2.75) is 37.3 Å². The van der Waals surface area contributed by atoms with Crippen molar-refractivity contribution in [1.29, 1.82) is 0 Å².